The Hall–Kier alpha value is -1.46. The fraction of sp³-hybridized carbons (Fsp3) is 0.462. The second-order valence-corrected chi connectivity index (χ2v) is 5.33. The Balaban J connectivity index is 2.39. The summed E-state index contributed by atoms with van der Waals surface area (Å²) >= 11 is 6.19. The van der Waals surface area contributed by atoms with Gasteiger partial charge >= 0.3 is 5.97 Å². The Morgan fingerprint density at radius 3 is 2.58 bits per heavy atom. The molecule has 1 atom stereocenters. The minimum atomic E-state index is -0.897. The number of methoxy groups -OCH3 is 1. The van der Waals surface area contributed by atoms with E-state index in [2.05, 4.69) is 0 Å². The molecule has 1 aliphatic heterocycles. The van der Waals surface area contributed by atoms with E-state index in [1.165, 1.54) is 7.11 Å². The number of fused-ring (bicyclic) bond motifs is 1. The quantitative estimate of drug-likeness (QED) is 0.863. The van der Waals surface area contributed by atoms with Gasteiger partial charge in [-0.15, -0.1) is 0 Å². The summed E-state index contributed by atoms with van der Waals surface area (Å²) in [6.07, 6.45) is 0. The van der Waals surface area contributed by atoms with E-state index in [4.69, 9.17) is 31.5 Å². The molecule has 19 heavy (non-hydrogen) atoms. The van der Waals surface area contributed by atoms with E-state index in [-0.39, 0.29) is 6.79 Å². The van der Waals surface area contributed by atoms with E-state index in [9.17, 15) is 4.79 Å². The summed E-state index contributed by atoms with van der Waals surface area (Å²) in [5.74, 6) is 0.765. The van der Waals surface area contributed by atoms with Gasteiger partial charge in [-0.2, -0.15) is 0 Å². The molecule has 6 heteroatoms. The maximum absolute atomic E-state index is 11.8. The van der Waals surface area contributed by atoms with Gasteiger partial charge in [0.1, 0.15) is 0 Å². The average molecular weight is 286 g/mol. The predicted octanol–water partition coefficient (Wildman–Crippen LogP) is 2.27. The first-order valence-electron chi connectivity index (χ1n) is 5.81. The van der Waals surface area contributed by atoms with Gasteiger partial charge in [0, 0.05) is 17.1 Å². The van der Waals surface area contributed by atoms with Crippen LogP contribution in [0.15, 0.2) is 12.1 Å². The highest BCUT2D eigenvalue weighted by Crippen LogP contribution is 2.42. The van der Waals surface area contributed by atoms with E-state index in [1.807, 2.05) is 0 Å². The van der Waals surface area contributed by atoms with Gasteiger partial charge in [-0.05, 0) is 25.5 Å². The zero-order valence-corrected chi connectivity index (χ0v) is 11.8. The summed E-state index contributed by atoms with van der Waals surface area (Å²) < 4.78 is 15.3. The number of nitrogens with two attached hydrogens (primary N) is 1. The predicted molar refractivity (Wildman–Crippen MR) is 70.3 cm³/mol. The fourth-order valence-electron chi connectivity index (χ4n) is 1.95. The summed E-state index contributed by atoms with van der Waals surface area (Å²) in [5, 5.41) is 0.439. The van der Waals surface area contributed by atoms with Crippen molar-refractivity contribution in [3.05, 3.63) is 22.7 Å². The third-order valence-electron chi connectivity index (χ3n) is 3.32. The van der Waals surface area contributed by atoms with Crippen LogP contribution in [0.25, 0.3) is 0 Å². The third-order valence-corrected chi connectivity index (χ3v) is 3.64. The molecule has 0 fully saturated rings. The molecule has 2 rings (SSSR count). The Morgan fingerprint density at radius 1 is 1.42 bits per heavy atom. The minimum Gasteiger partial charge on any atom is -0.469 e. The summed E-state index contributed by atoms with van der Waals surface area (Å²) in [5.41, 5.74) is 5.89. The summed E-state index contributed by atoms with van der Waals surface area (Å²) in [4.78, 5) is 11.8. The van der Waals surface area contributed by atoms with Gasteiger partial charge in [-0.25, -0.2) is 0 Å². The van der Waals surface area contributed by atoms with Crippen LogP contribution in [0.4, 0.5) is 0 Å². The molecule has 0 radical (unpaired) electrons. The van der Waals surface area contributed by atoms with E-state index in [1.54, 1.807) is 26.0 Å². The Labute approximate surface area is 116 Å². The molecule has 1 aliphatic rings. The first-order valence-corrected chi connectivity index (χ1v) is 6.18. The van der Waals surface area contributed by atoms with Crippen LogP contribution in [-0.4, -0.2) is 19.9 Å². The van der Waals surface area contributed by atoms with Gasteiger partial charge in [-0.1, -0.05) is 11.6 Å². The standard InChI is InChI=1S/C13H16ClNO4/c1-13(2,12(16)17-3)11(15)7-4-9-10(5-8(7)14)19-6-18-9/h4-5,11H,6,15H2,1-3H3/t11-/m1/s1. The molecule has 0 aromatic heterocycles. The van der Waals surface area contributed by atoms with Crippen LogP contribution in [0, 0.1) is 5.41 Å². The van der Waals surface area contributed by atoms with Crippen molar-refractivity contribution in [2.45, 2.75) is 19.9 Å². The Morgan fingerprint density at radius 2 is 2.00 bits per heavy atom. The van der Waals surface area contributed by atoms with E-state index in [0.29, 0.717) is 22.1 Å². The molecule has 2 N–H and O–H groups in total. The highest BCUT2D eigenvalue weighted by Gasteiger charge is 2.38. The molecule has 0 unspecified atom stereocenters. The second kappa shape index (κ2) is 4.90. The van der Waals surface area contributed by atoms with E-state index >= 15 is 0 Å². The number of benzene rings is 1. The van der Waals surface area contributed by atoms with Crippen LogP contribution in [0.2, 0.25) is 5.02 Å². The van der Waals surface area contributed by atoms with E-state index in [0.717, 1.165) is 0 Å². The topological polar surface area (TPSA) is 70.8 Å². The molecule has 0 spiro atoms. The highest BCUT2D eigenvalue weighted by molar-refractivity contribution is 6.31. The van der Waals surface area contributed by atoms with Crippen LogP contribution in [0.1, 0.15) is 25.5 Å². The monoisotopic (exact) mass is 285 g/mol. The molecule has 5 nitrogen and oxygen atoms in total. The van der Waals surface area contributed by atoms with Gasteiger partial charge in [0.05, 0.1) is 12.5 Å². The average Bonchev–Trinajstić information content (AvgIpc) is 2.82. The van der Waals surface area contributed by atoms with Crippen molar-refractivity contribution in [2.24, 2.45) is 11.1 Å². The van der Waals surface area contributed by atoms with Gasteiger partial charge in [-0.3, -0.25) is 4.79 Å². The Bertz CT molecular complexity index is 516. The van der Waals surface area contributed by atoms with Crippen molar-refractivity contribution in [2.75, 3.05) is 13.9 Å². The number of rotatable bonds is 3. The molecule has 0 saturated carbocycles. The second-order valence-electron chi connectivity index (χ2n) is 4.92. The van der Waals surface area contributed by atoms with Gasteiger partial charge in [0.25, 0.3) is 0 Å². The largest absolute Gasteiger partial charge is 0.469 e. The minimum absolute atomic E-state index is 0.157. The first-order chi connectivity index (χ1) is 8.87. The van der Waals surface area contributed by atoms with Crippen molar-refractivity contribution in [3.63, 3.8) is 0 Å². The highest BCUT2D eigenvalue weighted by atomic mass is 35.5. The van der Waals surface area contributed by atoms with Crippen molar-refractivity contribution in [3.8, 4) is 11.5 Å². The number of carbonyl (C=O) groups is 1. The molecule has 104 valence electrons. The van der Waals surface area contributed by atoms with Crippen molar-refractivity contribution >= 4 is 17.6 Å². The fourth-order valence-corrected chi connectivity index (χ4v) is 2.22. The number of ether oxygens (including phenoxy) is 3. The lowest BCUT2D eigenvalue weighted by atomic mass is 9.81. The summed E-state index contributed by atoms with van der Waals surface area (Å²) in [7, 11) is 1.33. The third kappa shape index (κ3) is 2.35. The number of carbonyl (C=O) groups excluding carboxylic acids is 1. The molecule has 0 amide bonds. The lowest BCUT2D eigenvalue weighted by molar-refractivity contribution is -0.152. The molecule has 0 saturated heterocycles. The summed E-state index contributed by atoms with van der Waals surface area (Å²) in [6.45, 7) is 3.58. The molecule has 1 aromatic carbocycles. The molecular formula is C13H16ClNO4. The number of esters is 1. The van der Waals surface area contributed by atoms with Crippen LogP contribution >= 0.6 is 11.6 Å². The number of halogens is 1. The lowest BCUT2D eigenvalue weighted by Gasteiger charge is -2.29. The van der Waals surface area contributed by atoms with Gasteiger partial charge in [0.15, 0.2) is 11.5 Å². The SMILES string of the molecule is COC(=O)C(C)(C)[C@H](N)c1cc2c(cc1Cl)OCO2. The van der Waals surface area contributed by atoms with Crippen LogP contribution in [0.3, 0.4) is 0 Å². The van der Waals surface area contributed by atoms with Crippen LogP contribution < -0.4 is 15.2 Å². The van der Waals surface area contributed by atoms with E-state index < -0.39 is 17.4 Å². The van der Waals surface area contributed by atoms with Crippen molar-refractivity contribution in [1.82, 2.24) is 0 Å². The molecule has 0 bridgehead atoms. The summed E-state index contributed by atoms with van der Waals surface area (Å²) in [6, 6.07) is 2.74. The lowest BCUT2D eigenvalue weighted by Crippen LogP contribution is -2.37. The maximum atomic E-state index is 11.8. The number of hydrogen-bond donors (Lipinski definition) is 1. The maximum Gasteiger partial charge on any atom is 0.313 e. The molecule has 1 heterocycles. The normalized spacial score (nSPS) is 15.2. The first kappa shape index (κ1) is 14.0. The molecule has 1 aromatic rings. The zero-order chi connectivity index (χ0) is 14.2. The number of hydrogen-bond acceptors (Lipinski definition) is 5. The van der Waals surface area contributed by atoms with Crippen LogP contribution in [-0.2, 0) is 9.53 Å². The van der Waals surface area contributed by atoms with Gasteiger partial charge < -0.3 is 19.9 Å². The van der Waals surface area contributed by atoms with Crippen molar-refractivity contribution in [1.29, 1.82) is 0 Å². The molecular weight excluding hydrogens is 270 g/mol. The molecule has 0 aliphatic carbocycles. The zero-order valence-electron chi connectivity index (χ0n) is 11.0. The van der Waals surface area contributed by atoms with Gasteiger partial charge in [0.2, 0.25) is 6.79 Å². The Kier molecular flexibility index (Phi) is 3.60. The van der Waals surface area contributed by atoms with Crippen LogP contribution in [0.5, 0.6) is 11.5 Å². The van der Waals surface area contributed by atoms with Crippen molar-refractivity contribution < 1.29 is 19.0 Å². The smallest absolute Gasteiger partial charge is 0.313 e.